The van der Waals surface area contributed by atoms with Gasteiger partial charge < -0.3 is 10.1 Å². The van der Waals surface area contributed by atoms with Crippen molar-refractivity contribution in [3.8, 4) is 5.75 Å². The number of carbonyl (C=O) groups is 1. The van der Waals surface area contributed by atoms with Crippen molar-refractivity contribution in [3.05, 3.63) is 86.8 Å². The number of amides is 1. The van der Waals surface area contributed by atoms with Gasteiger partial charge in [-0.3, -0.25) is 9.59 Å². The van der Waals surface area contributed by atoms with E-state index < -0.39 is 0 Å². The van der Waals surface area contributed by atoms with E-state index in [-0.39, 0.29) is 18.1 Å². The molecule has 2 aromatic carbocycles. The number of nitrogens with one attached hydrogen (secondary N) is 1. The van der Waals surface area contributed by atoms with Gasteiger partial charge in [0.1, 0.15) is 17.4 Å². The Kier molecular flexibility index (Phi) is 5.09. The maximum Gasteiger partial charge on any atom is 0.275 e. The lowest BCUT2D eigenvalue weighted by atomic mass is 10.1. The lowest BCUT2D eigenvalue weighted by Gasteiger charge is -2.09. The Morgan fingerprint density at radius 2 is 1.93 bits per heavy atom. The molecular weight excluding hydrogens is 388 g/mol. The summed E-state index contributed by atoms with van der Waals surface area (Å²) < 4.78 is 7.05. The molecule has 0 aliphatic heterocycles. The van der Waals surface area contributed by atoms with E-state index in [0.717, 1.165) is 10.6 Å². The predicted octanol–water partition coefficient (Wildman–Crippen LogP) is 3.60. The van der Waals surface area contributed by atoms with E-state index in [1.54, 1.807) is 36.4 Å². The first-order valence-electron chi connectivity index (χ1n) is 8.95. The molecule has 0 saturated heterocycles. The summed E-state index contributed by atoms with van der Waals surface area (Å²) in [5.41, 5.74) is 2.58. The number of anilines is 1. The van der Waals surface area contributed by atoms with Gasteiger partial charge in [0.2, 0.25) is 4.96 Å². The minimum Gasteiger partial charge on any atom is -0.487 e. The van der Waals surface area contributed by atoms with E-state index in [9.17, 15) is 9.59 Å². The molecule has 29 heavy (non-hydrogen) atoms. The molecule has 0 aliphatic rings. The molecule has 2 heterocycles. The van der Waals surface area contributed by atoms with Gasteiger partial charge in [0.25, 0.3) is 11.5 Å². The molecule has 1 N–H and O–H groups in total. The summed E-state index contributed by atoms with van der Waals surface area (Å²) in [6.07, 6.45) is 0. The van der Waals surface area contributed by atoms with Crippen molar-refractivity contribution in [1.29, 1.82) is 0 Å². The van der Waals surface area contributed by atoms with Gasteiger partial charge in [-0.2, -0.15) is 9.61 Å². The molecule has 7 nitrogen and oxygen atoms in total. The van der Waals surface area contributed by atoms with Crippen LogP contribution in [-0.4, -0.2) is 20.5 Å². The van der Waals surface area contributed by atoms with Gasteiger partial charge in [0.05, 0.1) is 5.69 Å². The monoisotopic (exact) mass is 406 g/mol. The Balaban J connectivity index is 1.46. The molecular formula is C21H18N4O3S. The van der Waals surface area contributed by atoms with Crippen LogP contribution in [-0.2, 0) is 6.61 Å². The van der Waals surface area contributed by atoms with Crippen LogP contribution in [0.5, 0.6) is 5.75 Å². The minimum absolute atomic E-state index is 0.137. The van der Waals surface area contributed by atoms with Gasteiger partial charge in [-0.05, 0) is 38.1 Å². The van der Waals surface area contributed by atoms with E-state index in [0.29, 0.717) is 27.7 Å². The van der Waals surface area contributed by atoms with Crippen LogP contribution >= 0.6 is 11.3 Å². The topological polar surface area (TPSA) is 85.6 Å². The molecule has 0 fully saturated rings. The lowest BCUT2D eigenvalue weighted by Crippen LogP contribution is -2.16. The molecule has 4 rings (SSSR count). The van der Waals surface area contributed by atoms with Crippen LogP contribution in [0, 0.1) is 13.8 Å². The van der Waals surface area contributed by atoms with Gasteiger partial charge in [-0.25, -0.2) is 4.98 Å². The third-order valence-electron chi connectivity index (χ3n) is 4.19. The maximum atomic E-state index is 12.4. The highest BCUT2D eigenvalue weighted by atomic mass is 32.1. The van der Waals surface area contributed by atoms with E-state index in [1.165, 1.54) is 21.9 Å². The van der Waals surface area contributed by atoms with E-state index in [4.69, 9.17) is 4.74 Å². The average Bonchev–Trinajstić information content (AvgIpc) is 3.08. The van der Waals surface area contributed by atoms with Crippen molar-refractivity contribution in [2.45, 2.75) is 20.5 Å². The molecule has 0 spiro atoms. The zero-order valence-corrected chi connectivity index (χ0v) is 16.7. The van der Waals surface area contributed by atoms with E-state index >= 15 is 0 Å². The van der Waals surface area contributed by atoms with Crippen LogP contribution in [0.2, 0.25) is 0 Å². The van der Waals surface area contributed by atoms with Crippen molar-refractivity contribution in [1.82, 2.24) is 14.6 Å². The zero-order valence-electron chi connectivity index (χ0n) is 15.9. The Hall–Kier alpha value is -3.52. The SMILES string of the molecule is Cc1ccc(C(=O)Nc2cccc(OCc3cc(=O)n4nc(C)sc4n3)c2)cc1. The standard InChI is InChI=1S/C21H18N4O3S/c1-13-6-8-15(9-7-13)20(27)22-16-4-3-5-18(10-16)28-12-17-11-19(26)25-21(23-17)29-14(2)24-25/h3-11H,12H2,1-2H3,(H,22,27). The third kappa shape index (κ3) is 4.33. The summed E-state index contributed by atoms with van der Waals surface area (Å²) in [4.78, 5) is 29.4. The first-order valence-corrected chi connectivity index (χ1v) is 9.77. The number of ether oxygens (including phenoxy) is 1. The second kappa shape index (κ2) is 7.84. The second-order valence-corrected chi connectivity index (χ2v) is 7.70. The highest BCUT2D eigenvalue weighted by Crippen LogP contribution is 2.19. The van der Waals surface area contributed by atoms with Crippen molar-refractivity contribution in [2.24, 2.45) is 0 Å². The number of aromatic nitrogens is 3. The predicted molar refractivity (Wildman–Crippen MR) is 112 cm³/mol. The number of benzene rings is 2. The number of hydrogen-bond acceptors (Lipinski definition) is 6. The summed E-state index contributed by atoms with van der Waals surface area (Å²) in [7, 11) is 0. The first kappa shape index (κ1) is 18.8. The number of carbonyl (C=O) groups excluding carboxylic acids is 1. The molecule has 8 heteroatoms. The smallest absolute Gasteiger partial charge is 0.275 e. The highest BCUT2D eigenvalue weighted by molar-refractivity contribution is 7.16. The molecule has 0 saturated carbocycles. The summed E-state index contributed by atoms with van der Waals surface area (Å²) in [5, 5.41) is 7.75. The Morgan fingerprint density at radius 1 is 1.14 bits per heavy atom. The van der Waals surface area contributed by atoms with Crippen LogP contribution < -0.4 is 15.6 Å². The summed E-state index contributed by atoms with van der Waals surface area (Å²) in [6.45, 7) is 3.93. The molecule has 2 aromatic heterocycles. The van der Waals surface area contributed by atoms with Crippen LogP contribution in [0.4, 0.5) is 5.69 Å². The highest BCUT2D eigenvalue weighted by Gasteiger charge is 2.09. The van der Waals surface area contributed by atoms with Crippen LogP contribution in [0.25, 0.3) is 4.96 Å². The number of fused-ring (bicyclic) bond motifs is 1. The number of rotatable bonds is 5. The average molecular weight is 406 g/mol. The minimum atomic E-state index is -0.239. The van der Waals surface area contributed by atoms with Gasteiger partial charge in [-0.15, -0.1) is 0 Å². The van der Waals surface area contributed by atoms with Crippen LogP contribution in [0.1, 0.15) is 26.6 Å². The van der Waals surface area contributed by atoms with Crippen molar-refractivity contribution < 1.29 is 9.53 Å². The maximum absolute atomic E-state index is 12.4. The molecule has 146 valence electrons. The summed E-state index contributed by atoms with van der Waals surface area (Å²) in [6, 6.07) is 15.9. The Labute approximate surface area is 170 Å². The molecule has 4 aromatic rings. The van der Waals surface area contributed by atoms with Gasteiger partial charge in [0, 0.05) is 23.4 Å². The lowest BCUT2D eigenvalue weighted by molar-refractivity contribution is 0.102. The third-order valence-corrected chi connectivity index (χ3v) is 5.02. The van der Waals surface area contributed by atoms with Gasteiger partial charge in [0.15, 0.2) is 0 Å². The van der Waals surface area contributed by atoms with Gasteiger partial charge in [-0.1, -0.05) is 35.1 Å². The quantitative estimate of drug-likeness (QED) is 0.547. The van der Waals surface area contributed by atoms with Crippen molar-refractivity contribution >= 4 is 27.9 Å². The van der Waals surface area contributed by atoms with Gasteiger partial charge >= 0.3 is 0 Å². The fourth-order valence-corrected chi connectivity index (χ4v) is 3.52. The van der Waals surface area contributed by atoms with E-state index in [1.807, 2.05) is 26.0 Å². The molecule has 0 aliphatic carbocycles. The zero-order chi connectivity index (χ0) is 20.4. The summed E-state index contributed by atoms with van der Waals surface area (Å²) >= 11 is 1.35. The fraction of sp³-hybridized carbons (Fsp3) is 0.143. The van der Waals surface area contributed by atoms with Crippen LogP contribution in [0.15, 0.2) is 59.4 Å². The normalized spacial score (nSPS) is 10.8. The number of aryl methyl sites for hydroxylation is 2. The molecule has 0 bridgehead atoms. The van der Waals surface area contributed by atoms with Crippen molar-refractivity contribution in [2.75, 3.05) is 5.32 Å². The molecule has 1 amide bonds. The molecule has 0 atom stereocenters. The number of hydrogen-bond donors (Lipinski definition) is 1. The second-order valence-electron chi connectivity index (χ2n) is 6.54. The first-order chi connectivity index (χ1) is 14.0. The Bertz CT molecular complexity index is 1250. The van der Waals surface area contributed by atoms with Crippen LogP contribution in [0.3, 0.4) is 0 Å². The summed E-state index contributed by atoms with van der Waals surface area (Å²) in [5.74, 6) is 0.372. The largest absolute Gasteiger partial charge is 0.487 e. The Morgan fingerprint density at radius 3 is 2.72 bits per heavy atom. The van der Waals surface area contributed by atoms with Crippen molar-refractivity contribution in [3.63, 3.8) is 0 Å². The molecule has 0 unspecified atom stereocenters. The number of nitrogens with zero attached hydrogens (tertiary/aromatic N) is 3. The van der Waals surface area contributed by atoms with E-state index in [2.05, 4.69) is 15.4 Å². The molecule has 0 radical (unpaired) electrons. The fourth-order valence-electron chi connectivity index (χ4n) is 2.75.